The number of rotatable bonds is 2. The summed E-state index contributed by atoms with van der Waals surface area (Å²) in [5, 5.41) is 19.4. The zero-order valence-corrected chi connectivity index (χ0v) is 6.61. The maximum Gasteiger partial charge on any atom is 0.288 e. The molecule has 0 aromatic carbocycles. The Kier molecular flexibility index (Phi) is 2.32. The Hall–Kier alpha value is -1.52. The number of aliphatic hydroxyl groups is 1. The fourth-order valence-corrected chi connectivity index (χ4v) is 1.03. The first-order valence-electron chi connectivity index (χ1n) is 3.46. The van der Waals surface area contributed by atoms with Crippen LogP contribution in [0, 0.1) is 10.1 Å². The highest BCUT2D eigenvalue weighted by atomic mass is 16.6. The van der Waals surface area contributed by atoms with Gasteiger partial charge in [0.2, 0.25) is 0 Å². The number of nitro groups is 1. The van der Waals surface area contributed by atoms with Gasteiger partial charge in [-0.1, -0.05) is 0 Å². The second-order valence-electron chi connectivity index (χ2n) is 2.41. The lowest BCUT2D eigenvalue weighted by Gasteiger charge is -2.09. The van der Waals surface area contributed by atoms with Gasteiger partial charge in [0.1, 0.15) is 0 Å². The van der Waals surface area contributed by atoms with E-state index in [4.69, 9.17) is 9.84 Å². The third-order valence-corrected chi connectivity index (χ3v) is 1.64. The summed E-state index contributed by atoms with van der Waals surface area (Å²) in [4.78, 5) is 9.90. The summed E-state index contributed by atoms with van der Waals surface area (Å²) in [6.07, 6.45) is 1.81. The van der Waals surface area contributed by atoms with Crippen LogP contribution in [0.5, 0.6) is 0 Å². The van der Waals surface area contributed by atoms with E-state index in [-0.39, 0.29) is 23.6 Å². The third-order valence-electron chi connectivity index (χ3n) is 1.64. The Morgan fingerprint density at radius 2 is 2.33 bits per heavy atom. The van der Waals surface area contributed by atoms with Crippen molar-refractivity contribution in [2.24, 2.45) is 0 Å². The highest BCUT2D eigenvalue weighted by Crippen LogP contribution is 2.22. The molecule has 0 aromatic rings. The quantitative estimate of drug-likeness (QED) is 0.502. The third kappa shape index (κ3) is 1.55. The number of nitrogens with zero attached hydrogens (tertiary/aromatic N) is 1. The molecule has 0 saturated heterocycles. The summed E-state index contributed by atoms with van der Waals surface area (Å²) in [6.45, 7) is 0. The van der Waals surface area contributed by atoms with Crippen LogP contribution in [-0.4, -0.2) is 17.1 Å². The second-order valence-corrected chi connectivity index (χ2v) is 2.41. The van der Waals surface area contributed by atoms with Gasteiger partial charge in [-0.2, -0.15) is 0 Å². The normalized spacial score (nSPS) is 17.2. The van der Waals surface area contributed by atoms with Crippen LogP contribution in [0.2, 0.25) is 0 Å². The molecule has 66 valence electrons. The fourth-order valence-electron chi connectivity index (χ4n) is 1.03. The average Bonchev–Trinajstić information content (AvgIpc) is 2.03. The van der Waals surface area contributed by atoms with Crippen LogP contribution < -0.4 is 0 Å². The topological polar surface area (TPSA) is 72.6 Å². The van der Waals surface area contributed by atoms with Crippen LogP contribution in [0.1, 0.15) is 12.8 Å². The van der Waals surface area contributed by atoms with Gasteiger partial charge < -0.3 is 9.84 Å². The van der Waals surface area contributed by atoms with Crippen molar-refractivity contribution >= 4 is 0 Å². The Bertz CT molecular complexity index is 267. The van der Waals surface area contributed by atoms with E-state index in [1.807, 2.05) is 0 Å². The maximum absolute atomic E-state index is 10.4. The van der Waals surface area contributed by atoms with Gasteiger partial charge in [-0.15, -0.1) is 0 Å². The number of hydrogen-bond acceptors (Lipinski definition) is 4. The van der Waals surface area contributed by atoms with E-state index < -0.39 is 4.92 Å². The Morgan fingerprint density at radius 3 is 2.83 bits per heavy atom. The summed E-state index contributed by atoms with van der Waals surface area (Å²) in [5.41, 5.74) is 0.0234. The van der Waals surface area contributed by atoms with Gasteiger partial charge in [-0.05, 0) is 0 Å². The monoisotopic (exact) mass is 171 g/mol. The second kappa shape index (κ2) is 3.25. The molecule has 0 aromatic heterocycles. The predicted octanol–water partition coefficient (Wildman–Crippen LogP) is 1.36. The Labute approximate surface area is 69.1 Å². The van der Waals surface area contributed by atoms with Crippen molar-refractivity contribution in [3.05, 3.63) is 33.4 Å². The van der Waals surface area contributed by atoms with Gasteiger partial charge in [0.15, 0.2) is 5.76 Å². The van der Waals surface area contributed by atoms with Crippen molar-refractivity contribution in [2.45, 2.75) is 12.8 Å². The standard InChI is InChI=1S/C7H9NO4/c1-12-7-4-5(9)2-3-6(7)8(10)11/h4,9H,2-3H2,1H3. The molecule has 0 fully saturated rings. The van der Waals surface area contributed by atoms with E-state index in [9.17, 15) is 10.1 Å². The zero-order valence-electron chi connectivity index (χ0n) is 6.61. The molecule has 1 aliphatic carbocycles. The fraction of sp³-hybridized carbons (Fsp3) is 0.429. The average molecular weight is 171 g/mol. The molecule has 0 spiro atoms. The lowest BCUT2D eigenvalue weighted by Crippen LogP contribution is -2.08. The Balaban J connectivity index is 2.99. The first kappa shape index (κ1) is 8.58. The number of allylic oxidation sites excluding steroid dienone is 3. The first-order valence-corrected chi connectivity index (χ1v) is 3.46. The molecular formula is C7H9NO4. The van der Waals surface area contributed by atoms with Crippen molar-refractivity contribution in [1.82, 2.24) is 0 Å². The van der Waals surface area contributed by atoms with Crippen molar-refractivity contribution in [3.63, 3.8) is 0 Å². The zero-order chi connectivity index (χ0) is 9.14. The molecule has 1 aliphatic rings. The molecule has 5 heteroatoms. The van der Waals surface area contributed by atoms with Crippen LogP contribution in [0.3, 0.4) is 0 Å². The molecule has 0 bridgehead atoms. The number of aliphatic hydroxyl groups excluding tert-OH is 1. The minimum atomic E-state index is -0.484. The summed E-state index contributed by atoms with van der Waals surface area (Å²) < 4.78 is 4.74. The van der Waals surface area contributed by atoms with Crippen LogP contribution in [0.25, 0.3) is 0 Å². The number of methoxy groups -OCH3 is 1. The maximum atomic E-state index is 10.4. The SMILES string of the molecule is COC1=C([N+](=O)[O-])CCC(O)=C1. The summed E-state index contributed by atoms with van der Waals surface area (Å²) >= 11 is 0. The molecule has 1 rings (SSSR count). The van der Waals surface area contributed by atoms with Gasteiger partial charge >= 0.3 is 0 Å². The van der Waals surface area contributed by atoms with Crippen LogP contribution >= 0.6 is 0 Å². The van der Waals surface area contributed by atoms with E-state index in [0.717, 1.165) is 0 Å². The molecular weight excluding hydrogens is 162 g/mol. The summed E-state index contributed by atoms with van der Waals surface area (Å²) in [7, 11) is 1.34. The van der Waals surface area contributed by atoms with Gasteiger partial charge in [-0.3, -0.25) is 10.1 Å². The van der Waals surface area contributed by atoms with Gasteiger partial charge in [0, 0.05) is 18.9 Å². The summed E-state index contributed by atoms with van der Waals surface area (Å²) in [5.74, 6) is 0.265. The molecule has 0 radical (unpaired) electrons. The van der Waals surface area contributed by atoms with E-state index in [1.165, 1.54) is 13.2 Å². The molecule has 0 unspecified atom stereocenters. The lowest BCUT2D eigenvalue weighted by atomic mass is 10.1. The van der Waals surface area contributed by atoms with Gasteiger partial charge in [0.05, 0.1) is 17.8 Å². The highest BCUT2D eigenvalue weighted by molar-refractivity contribution is 5.22. The molecule has 5 nitrogen and oxygen atoms in total. The Morgan fingerprint density at radius 1 is 1.67 bits per heavy atom. The van der Waals surface area contributed by atoms with Crippen molar-refractivity contribution in [3.8, 4) is 0 Å². The highest BCUT2D eigenvalue weighted by Gasteiger charge is 2.22. The molecule has 0 aliphatic heterocycles. The molecule has 0 saturated carbocycles. The van der Waals surface area contributed by atoms with Crippen LogP contribution in [0.15, 0.2) is 23.3 Å². The van der Waals surface area contributed by atoms with Crippen molar-refractivity contribution < 1.29 is 14.8 Å². The molecule has 1 N–H and O–H groups in total. The molecule has 0 amide bonds. The van der Waals surface area contributed by atoms with Gasteiger partial charge in [0.25, 0.3) is 5.70 Å². The smallest absolute Gasteiger partial charge is 0.288 e. The first-order chi connectivity index (χ1) is 5.65. The summed E-state index contributed by atoms with van der Waals surface area (Å²) in [6, 6.07) is 0. The largest absolute Gasteiger partial charge is 0.512 e. The molecule has 0 atom stereocenters. The minimum absolute atomic E-state index is 0.0234. The van der Waals surface area contributed by atoms with E-state index in [0.29, 0.717) is 6.42 Å². The van der Waals surface area contributed by atoms with Gasteiger partial charge in [-0.25, -0.2) is 0 Å². The molecule has 12 heavy (non-hydrogen) atoms. The van der Waals surface area contributed by atoms with Crippen molar-refractivity contribution in [1.29, 1.82) is 0 Å². The minimum Gasteiger partial charge on any atom is -0.512 e. The number of hydrogen-bond donors (Lipinski definition) is 1. The van der Waals surface area contributed by atoms with E-state index >= 15 is 0 Å². The molecule has 0 heterocycles. The van der Waals surface area contributed by atoms with Crippen LogP contribution in [-0.2, 0) is 4.74 Å². The predicted molar refractivity (Wildman–Crippen MR) is 41.0 cm³/mol. The van der Waals surface area contributed by atoms with E-state index in [2.05, 4.69) is 0 Å². The van der Waals surface area contributed by atoms with Crippen molar-refractivity contribution in [2.75, 3.05) is 7.11 Å². The number of ether oxygens (including phenoxy) is 1. The lowest BCUT2D eigenvalue weighted by molar-refractivity contribution is -0.431. The van der Waals surface area contributed by atoms with E-state index in [1.54, 1.807) is 0 Å². The van der Waals surface area contributed by atoms with Crippen LogP contribution in [0.4, 0.5) is 0 Å².